The molecule has 0 aliphatic carbocycles. The monoisotopic (exact) mass is 257 g/mol. The van der Waals surface area contributed by atoms with Gasteiger partial charge in [-0.2, -0.15) is 0 Å². The Balaban J connectivity index is 0.000000218. The highest BCUT2D eigenvalue weighted by Crippen LogP contribution is 2.16. The second-order valence-electron chi connectivity index (χ2n) is 5.30. The van der Waals surface area contributed by atoms with E-state index in [4.69, 9.17) is 0 Å². The van der Waals surface area contributed by atoms with Crippen LogP contribution >= 0.6 is 0 Å². The summed E-state index contributed by atoms with van der Waals surface area (Å²) in [5.74, 6) is -0.657. The van der Waals surface area contributed by atoms with Crippen LogP contribution in [-0.4, -0.2) is 11.8 Å². The number of nitrogens with one attached hydrogen (secondary N) is 1. The van der Waals surface area contributed by atoms with Crippen molar-refractivity contribution in [3.05, 3.63) is 54.1 Å². The van der Waals surface area contributed by atoms with Gasteiger partial charge in [0.2, 0.25) is 0 Å². The zero-order chi connectivity index (χ0) is 14.3. The third-order valence-corrected chi connectivity index (χ3v) is 2.21. The molecule has 1 N–H and O–H groups in total. The molecule has 3 nitrogen and oxygen atoms in total. The number of amides is 2. The number of allylic oxidation sites excluding steroid dienone is 1. The van der Waals surface area contributed by atoms with Crippen LogP contribution in [0.5, 0.6) is 0 Å². The molecule has 0 radical (unpaired) electrons. The molecule has 100 valence electrons. The van der Waals surface area contributed by atoms with Gasteiger partial charge < -0.3 is 0 Å². The van der Waals surface area contributed by atoms with Crippen LogP contribution in [0, 0.1) is 5.41 Å². The van der Waals surface area contributed by atoms with E-state index < -0.39 is 0 Å². The van der Waals surface area contributed by atoms with Gasteiger partial charge >= 0.3 is 0 Å². The van der Waals surface area contributed by atoms with Crippen LogP contribution in [0.1, 0.15) is 26.3 Å². The number of hydrogen-bond donors (Lipinski definition) is 1. The summed E-state index contributed by atoms with van der Waals surface area (Å²) in [7, 11) is 0. The molecule has 0 spiro atoms. The van der Waals surface area contributed by atoms with Crippen molar-refractivity contribution in [3.8, 4) is 0 Å². The zero-order valence-electron chi connectivity index (χ0n) is 11.5. The number of rotatable bonds is 1. The van der Waals surface area contributed by atoms with Crippen LogP contribution in [0.4, 0.5) is 0 Å². The van der Waals surface area contributed by atoms with Crippen LogP contribution in [0.15, 0.2) is 48.6 Å². The summed E-state index contributed by atoms with van der Waals surface area (Å²) < 4.78 is 0. The van der Waals surface area contributed by atoms with Crippen molar-refractivity contribution >= 4 is 17.9 Å². The predicted molar refractivity (Wildman–Crippen MR) is 77.2 cm³/mol. The first-order valence-corrected chi connectivity index (χ1v) is 6.14. The normalized spacial score (nSPS) is 14.3. The van der Waals surface area contributed by atoms with Gasteiger partial charge in [0.05, 0.1) is 0 Å². The first-order chi connectivity index (χ1) is 8.87. The van der Waals surface area contributed by atoms with Gasteiger partial charge in [0, 0.05) is 12.2 Å². The molecule has 1 aromatic carbocycles. The molecule has 0 fully saturated rings. The lowest BCUT2D eigenvalue weighted by molar-refractivity contribution is -0.123. The molecule has 2 amide bonds. The fourth-order valence-corrected chi connectivity index (χ4v) is 1.27. The maximum atomic E-state index is 10.0. The summed E-state index contributed by atoms with van der Waals surface area (Å²) in [6.07, 6.45) is 6.78. The molecule has 3 heteroatoms. The highest BCUT2D eigenvalue weighted by Gasteiger charge is 2.06. The van der Waals surface area contributed by atoms with E-state index in [1.807, 2.05) is 11.4 Å². The van der Waals surface area contributed by atoms with Crippen molar-refractivity contribution < 1.29 is 9.59 Å². The van der Waals surface area contributed by atoms with E-state index >= 15 is 0 Å². The summed E-state index contributed by atoms with van der Waals surface area (Å²) in [5, 5.41) is 2.03. The third kappa shape index (κ3) is 6.99. The molecule has 1 aromatic rings. The van der Waals surface area contributed by atoms with Crippen molar-refractivity contribution in [3.63, 3.8) is 0 Å². The van der Waals surface area contributed by atoms with E-state index in [0.29, 0.717) is 0 Å². The van der Waals surface area contributed by atoms with E-state index in [9.17, 15) is 9.59 Å². The molecule has 0 saturated carbocycles. The standard InChI is InChI=1S/C12H16.C4H3NO2/c1-12(2,3)10-9-11-7-5-4-6-8-11;6-3-1-2-4(7)5-3/h4-10H,1-3H3;1-2H,(H,5,6,7). The van der Waals surface area contributed by atoms with E-state index in [2.05, 4.69) is 57.2 Å². The molecule has 1 aliphatic heterocycles. The quantitative estimate of drug-likeness (QED) is 0.786. The van der Waals surface area contributed by atoms with Crippen LogP contribution in [0.3, 0.4) is 0 Å². The Labute approximate surface area is 114 Å². The molecule has 0 unspecified atom stereocenters. The average molecular weight is 257 g/mol. The van der Waals surface area contributed by atoms with Gasteiger partial charge in [0.15, 0.2) is 0 Å². The van der Waals surface area contributed by atoms with Crippen molar-refractivity contribution in [2.45, 2.75) is 20.8 Å². The maximum Gasteiger partial charge on any atom is 0.250 e. The number of hydrogen-bond acceptors (Lipinski definition) is 2. The number of benzene rings is 1. The zero-order valence-corrected chi connectivity index (χ0v) is 11.5. The van der Waals surface area contributed by atoms with E-state index in [0.717, 1.165) is 0 Å². The molecule has 2 rings (SSSR count). The summed E-state index contributed by atoms with van der Waals surface area (Å²) in [6, 6.07) is 10.4. The van der Waals surface area contributed by atoms with Gasteiger partial charge in [-0.25, -0.2) is 0 Å². The second kappa shape index (κ2) is 6.69. The average Bonchev–Trinajstić information content (AvgIpc) is 2.72. The largest absolute Gasteiger partial charge is 0.289 e. The summed E-state index contributed by atoms with van der Waals surface area (Å²) in [4.78, 5) is 20.1. The Morgan fingerprint density at radius 1 is 0.947 bits per heavy atom. The Kier molecular flexibility index (Phi) is 5.24. The minimum absolute atomic E-state index is 0.274. The topological polar surface area (TPSA) is 46.2 Å². The fourth-order valence-electron chi connectivity index (χ4n) is 1.27. The van der Waals surface area contributed by atoms with E-state index in [-0.39, 0.29) is 17.2 Å². The van der Waals surface area contributed by atoms with E-state index in [1.54, 1.807) is 0 Å². The summed E-state index contributed by atoms with van der Waals surface area (Å²) in [6.45, 7) is 6.60. The lowest BCUT2D eigenvalue weighted by Gasteiger charge is -2.10. The van der Waals surface area contributed by atoms with Gasteiger partial charge in [-0.1, -0.05) is 63.3 Å². The van der Waals surface area contributed by atoms with Crippen molar-refractivity contribution in [2.75, 3.05) is 0 Å². The van der Waals surface area contributed by atoms with Gasteiger partial charge in [0.25, 0.3) is 11.8 Å². The van der Waals surface area contributed by atoms with Crippen LogP contribution < -0.4 is 5.32 Å². The first-order valence-electron chi connectivity index (χ1n) is 6.14. The first kappa shape index (κ1) is 14.9. The minimum Gasteiger partial charge on any atom is -0.289 e. The summed E-state index contributed by atoms with van der Waals surface area (Å²) >= 11 is 0. The van der Waals surface area contributed by atoms with Crippen LogP contribution in [-0.2, 0) is 9.59 Å². The fraction of sp³-hybridized carbons (Fsp3) is 0.250. The number of carbonyl (C=O) groups is 2. The lowest BCUT2D eigenvalue weighted by Crippen LogP contribution is -2.19. The van der Waals surface area contributed by atoms with Gasteiger partial charge in [0.1, 0.15) is 0 Å². The lowest BCUT2D eigenvalue weighted by atomic mass is 9.95. The summed E-state index contributed by atoms with van der Waals surface area (Å²) in [5.41, 5.74) is 1.54. The highest BCUT2D eigenvalue weighted by molar-refractivity contribution is 6.12. The van der Waals surface area contributed by atoms with Gasteiger partial charge in [-0.15, -0.1) is 0 Å². The Morgan fingerprint density at radius 2 is 1.47 bits per heavy atom. The Morgan fingerprint density at radius 3 is 1.84 bits per heavy atom. The van der Waals surface area contributed by atoms with Crippen molar-refractivity contribution in [1.29, 1.82) is 0 Å². The molecule has 1 aliphatic rings. The van der Waals surface area contributed by atoms with Crippen LogP contribution in [0.2, 0.25) is 0 Å². The van der Waals surface area contributed by atoms with Crippen molar-refractivity contribution in [2.24, 2.45) is 5.41 Å². The third-order valence-electron chi connectivity index (χ3n) is 2.21. The second-order valence-corrected chi connectivity index (χ2v) is 5.30. The number of carbonyl (C=O) groups excluding carboxylic acids is 2. The van der Waals surface area contributed by atoms with Gasteiger partial charge in [-0.05, 0) is 11.0 Å². The number of imide groups is 1. The van der Waals surface area contributed by atoms with Crippen LogP contribution in [0.25, 0.3) is 6.08 Å². The van der Waals surface area contributed by atoms with Gasteiger partial charge in [-0.3, -0.25) is 14.9 Å². The Bertz CT molecular complexity index is 477. The van der Waals surface area contributed by atoms with Crippen molar-refractivity contribution in [1.82, 2.24) is 5.32 Å². The molecule has 0 aromatic heterocycles. The highest BCUT2D eigenvalue weighted by atomic mass is 16.2. The SMILES string of the molecule is CC(C)(C)C=Cc1ccccc1.O=C1C=CC(=O)N1. The molecule has 19 heavy (non-hydrogen) atoms. The minimum atomic E-state index is -0.329. The molecule has 1 heterocycles. The molecule has 0 atom stereocenters. The molecule has 0 bridgehead atoms. The molecule has 0 saturated heterocycles. The molecular weight excluding hydrogens is 238 g/mol. The molecular formula is C16H19NO2. The predicted octanol–water partition coefficient (Wildman–Crippen LogP) is 2.94. The Hall–Kier alpha value is -2.16. The smallest absolute Gasteiger partial charge is 0.250 e. The maximum absolute atomic E-state index is 10.0. The van der Waals surface area contributed by atoms with E-state index in [1.165, 1.54) is 17.7 Å².